The lowest BCUT2D eigenvalue weighted by Gasteiger charge is -2.13. The van der Waals surface area contributed by atoms with Gasteiger partial charge in [-0.2, -0.15) is 0 Å². The molecule has 0 saturated heterocycles. The van der Waals surface area contributed by atoms with E-state index in [-0.39, 0.29) is 0 Å². The van der Waals surface area contributed by atoms with E-state index in [0.717, 1.165) is 0 Å². The van der Waals surface area contributed by atoms with Gasteiger partial charge in [0.1, 0.15) is 0 Å². The van der Waals surface area contributed by atoms with E-state index in [1.165, 1.54) is 90.1 Å². The second kappa shape index (κ2) is 15.0. The molecule has 0 aromatic heterocycles. The van der Waals surface area contributed by atoms with Crippen LogP contribution < -0.4 is 4.90 Å². The zero-order valence-electron chi connectivity index (χ0n) is 13.4. The van der Waals surface area contributed by atoms with Gasteiger partial charge in [0.2, 0.25) is 0 Å². The smallest absolute Gasteiger partial charge is 0.0768 e. The van der Waals surface area contributed by atoms with Crippen molar-refractivity contribution in [1.29, 1.82) is 0 Å². The van der Waals surface area contributed by atoms with Crippen molar-refractivity contribution >= 4 is 0 Å². The normalized spacial score (nSPS) is 12.8. The van der Waals surface area contributed by atoms with E-state index in [1.54, 1.807) is 4.90 Å². The molecule has 0 aliphatic rings. The number of quaternary nitrogens is 1. The van der Waals surface area contributed by atoms with Crippen molar-refractivity contribution in [2.24, 2.45) is 0 Å². The van der Waals surface area contributed by atoms with Crippen LogP contribution in [0.3, 0.4) is 0 Å². The molecule has 0 aliphatic carbocycles. The summed E-state index contributed by atoms with van der Waals surface area (Å²) in [6, 6.07) is 0. The minimum Gasteiger partial charge on any atom is -0.337 e. The molecule has 0 aromatic carbocycles. The van der Waals surface area contributed by atoms with Gasteiger partial charge in [-0.3, -0.25) is 0 Å². The minimum atomic E-state index is 1.34. The van der Waals surface area contributed by atoms with Gasteiger partial charge in [-0.1, -0.05) is 71.6 Å². The average molecular weight is 256 g/mol. The van der Waals surface area contributed by atoms with Crippen LogP contribution in [0.5, 0.6) is 0 Å². The molecule has 0 saturated carbocycles. The van der Waals surface area contributed by atoms with E-state index in [4.69, 9.17) is 0 Å². The maximum absolute atomic E-state index is 2.35. The Morgan fingerprint density at radius 1 is 0.500 bits per heavy atom. The minimum absolute atomic E-state index is 1.34. The molecule has 0 bridgehead atoms. The number of hydrogen-bond donors (Lipinski definition) is 1. The average Bonchev–Trinajstić information content (AvgIpc) is 2.38. The predicted molar refractivity (Wildman–Crippen MR) is 83.4 cm³/mol. The zero-order valence-corrected chi connectivity index (χ0v) is 13.4. The molecule has 0 aliphatic heterocycles. The van der Waals surface area contributed by atoms with E-state index in [1.807, 2.05) is 0 Å². The number of nitrogens with one attached hydrogen (secondary N) is 1. The van der Waals surface area contributed by atoms with E-state index < -0.39 is 0 Å². The van der Waals surface area contributed by atoms with Crippen LogP contribution in [0, 0.1) is 0 Å². The summed E-state index contributed by atoms with van der Waals surface area (Å²) in [7, 11) is 2.35. The Kier molecular flexibility index (Phi) is 15.0. The molecule has 1 heteroatoms. The van der Waals surface area contributed by atoms with E-state index in [2.05, 4.69) is 20.9 Å². The van der Waals surface area contributed by atoms with Gasteiger partial charge in [-0.05, 0) is 19.3 Å². The second-order valence-corrected chi connectivity index (χ2v) is 5.99. The molecule has 0 rings (SSSR count). The molecule has 0 amide bonds. The van der Waals surface area contributed by atoms with Gasteiger partial charge in [0.25, 0.3) is 0 Å². The third-order valence-corrected chi connectivity index (χ3v) is 3.91. The summed E-state index contributed by atoms with van der Waals surface area (Å²) in [5, 5.41) is 0. The molecule has 0 radical (unpaired) electrons. The van der Waals surface area contributed by atoms with Crippen LogP contribution in [0.1, 0.15) is 90.9 Å². The summed E-state index contributed by atoms with van der Waals surface area (Å²) in [5.74, 6) is 0. The summed E-state index contributed by atoms with van der Waals surface area (Å²) < 4.78 is 0. The van der Waals surface area contributed by atoms with Gasteiger partial charge in [0, 0.05) is 0 Å². The highest BCUT2D eigenvalue weighted by Gasteiger charge is 2.00. The Hall–Kier alpha value is -0.0400. The van der Waals surface area contributed by atoms with Crippen molar-refractivity contribution in [3.63, 3.8) is 0 Å². The Morgan fingerprint density at radius 3 is 1.39 bits per heavy atom. The van der Waals surface area contributed by atoms with Crippen molar-refractivity contribution in [2.75, 3.05) is 20.1 Å². The molecule has 1 atom stereocenters. The topological polar surface area (TPSA) is 4.44 Å². The van der Waals surface area contributed by atoms with Crippen LogP contribution >= 0.6 is 0 Å². The van der Waals surface area contributed by atoms with Crippen LogP contribution in [-0.4, -0.2) is 20.1 Å². The highest BCUT2D eigenvalue weighted by Crippen LogP contribution is 2.09. The van der Waals surface area contributed by atoms with Gasteiger partial charge in [-0.25, -0.2) is 0 Å². The molecular formula is C17H38N+. The standard InChI is InChI=1S/C17H37N/c1-4-6-8-9-10-11-12-13-14-15-17-18(3)16-7-5-2/h4-17H2,1-3H3/p+1. The maximum atomic E-state index is 2.35. The third-order valence-electron chi connectivity index (χ3n) is 3.91. The lowest BCUT2D eigenvalue weighted by molar-refractivity contribution is -0.880. The summed E-state index contributed by atoms with van der Waals surface area (Å²) in [6.45, 7) is 7.33. The summed E-state index contributed by atoms with van der Waals surface area (Å²) >= 11 is 0. The van der Waals surface area contributed by atoms with Crippen molar-refractivity contribution in [3.8, 4) is 0 Å². The lowest BCUT2D eigenvalue weighted by Crippen LogP contribution is -3.09. The van der Waals surface area contributed by atoms with Gasteiger partial charge >= 0.3 is 0 Å². The molecule has 110 valence electrons. The van der Waals surface area contributed by atoms with Gasteiger partial charge in [0.15, 0.2) is 0 Å². The highest BCUT2D eigenvalue weighted by molar-refractivity contribution is 4.47. The first-order valence-corrected chi connectivity index (χ1v) is 8.62. The molecule has 0 fully saturated rings. The fourth-order valence-electron chi connectivity index (χ4n) is 2.52. The Bertz CT molecular complexity index is 145. The molecular weight excluding hydrogens is 218 g/mol. The quantitative estimate of drug-likeness (QED) is 0.444. The zero-order chi connectivity index (χ0) is 13.5. The Morgan fingerprint density at radius 2 is 0.889 bits per heavy atom. The van der Waals surface area contributed by atoms with Crippen LogP contribution in [0.25, 0.3) is 0 Å². The van der Waals surface area contributed by atoms with E-state index >= 15 is 0 Å². The lowest BCUT2D eigenvalue weighted by atomic mass is 10.1. The van der Waals surface area contributed by atoms with E-state index in [9.17, 15) is 0 Å². The molecule has 0 heterocycles. The van der Waals surface area contributed by atoms with Gasteiger partial charge in [0.05, 0.1) is 20.1 Å². The van der Waals surface area contributed by atoms with Crippen molar-refractivity contribution in [2.45, 2.75) is 90.9 Å². The van der Waals surface area contributed by atoms with Crippen molar-refractivity contribution < 1.29 is 4.90 Å². The summed E-state index contributed by atoms with van der Waals surface area (Å²) in [5.41, 5.74) is 0. The first-order chi connectivity index (χ1) is 8.81. The second-order valence-electron chi connectivity index (χ2n) is 5.99. The number of unbranched alkanes of at least 4 members (excludes halogenated alkanes) is 10. The Balaban J connectivity index is 3.02. The van der Waals surface area contributed by atoms with Gasteiger partial charge < -0.3 is 4.90 Å². The van der Waals surface area contributed by atoms with Crippen LogP contribution in [0.15, 0.2) is 0 Å². The van der Waals surface area contributed by atoms with E-state index in [0.29, 0.717) is 0 Å². The van der Waals surface area contributed by atoms with Crippen LogP contribution in [0.2, 0.25) is 0 Å². The third kappa shape index (κ3) is 14.0. The first kappa shape index (κ1) is 18.0. The highest BCUT2D eigenvalue weighted by atomic mass is 15.1. The number of rotatable bonds is 14. The summed E-state index contributed by atoms with van der Waals surface area (Å²) in [6.07, 6.45) is 17.3. The SMILES string of the molecule is CCCCCCCCCCCC[NH+](C)CCCC. The molecule has 1 unspecified atom stereocenters. The molecule has 1 nitrogen and oxygen atoms in total. The molecule has 1 N–H and O–H groups in total. The summed E-state index contributed by atoms with van der Waals surface area (Å²) in [4.78, 5) is 1.73. The number of hydrogen-bond acceptors (Lipinski definition) is 0. The largest absolute Gasteiger partial charge is 0.337 e. The molecule has 0 spiro atoms. The molecule has 0 aromatic rings. The van der Waals surface area contributed by atoms with Crippen molar-refractivity contribution in [3.05, 3.63) is 0 Å². The van der Waals surface area contributed by atoms with Crippen molar-refractivity contribution in [1.82, 2.24) is 0 Å². The van der Waals surface area contributed by atoms with Gasteiger partial charge in [-0.15, -0.1) is 0 Å². The maximum Gasteiger partial charge on any atom is 0.0768 e. The fourth-order valence-corrected chi connectivity index (χ4v) is 2.52. The monoisotopic (exact) mass is 256 g/mol. The Labute approximate surface area is 116 Å². The molecule has 18 heavy (non-hydrogen) atoms. The fraction of sp³-hybridized carbons (Fsp3) is 1.00. The van der Waals surface area contributed by atoms with Crippen LogP contribution in [0.4, 0.5) is 0 Å². The first-order valence-electron chi connectivity index (χ1n) is 8.62. The van der Waals surface area contributed by atoms with Crippen LogP contribution in [-0.2, 0) is 0 Å². The predicted octanol–water partition coefficient (Wildman–Crippen LogP) is 4.22.